The molecule has 0 radical (unpaired) electrons. The van der Waals surface area contributed by atoms with Crippen LogP contribution in [0.2, 0.25) is 0 Å². The number of carbonyl (C=O) groups is 2. The van der Waals surface area contributed by atoms with E-state index in [2.05, 4.69) is 15.7 Å². The number of carbonyl (C=O) groups excluding carboxylic acids is 2. The van der Waals surface area contributed by atoms with Gasteiger partial charge in [0.2, 0.25) is 11.8 Å². The number of nitrogens with one attached hydrogen (secondary N) is 2. The van der Waals surface area contributed by atoms with Crippen LogP contribution in [-0.4, -0.2) is 34.7 Å². The predicted octanol–water partition coefficient (Wildman–Crippen LogP) is 2.98. The number of benzene rings is 1. The van der Waals surface area contributed by atoms with Crippen LogP contribution in [0.25, 0.3) is 5.69 Å². The van der Waals surface area contributed by atoms with Gasteiger partial charge in [-0.25, -0.2) is 9.07 Å². The van der Waals surface area contributed by atoms with Gasteiger partial charge < -0.3 is 10.6 Å². The summed E-state index contributed by atoms with van der Waals surface area (Å²) < 4.78 is 14.9. The Morgan fingerprint density at radius 1 is 1.07 bits per heavy atom. The van der Waals surface area contributed by atoms with Crippen LogP contribution in [0.15, 0.2) is 24.3 Å². The van der Waals surface area contributed by atoms with Crippen molar-refractivity contribution in [2.75, 3.05) is 13.1 Å². The molecule has 6 nitrogen and oxygen atoms in total. The van der Waals surface area contributed by atoms with Gasteiger partial charge in [-0.1, -0.05) is 19.3 Å². The van der Waals surface area contributed by atoms with Crippen LogP contribution in [-0.2, 0) is 16.0 Å². The van der Waals surface area contributed by atoms with E-state index >= 15 is 0 Å². The second-order valence-corrected chi connectivity index (χ2v) is 7.69. The summed E-state index contributed by atoms with van der Waals surface area (Å²) in [5.74, 6) is -0.180. The fraction of sp³-hybridized carbons (Fsp3) is 0.500. The van der Waals surface area contributed by atoms with Gasteiger partial charge in [-0.15, -0.1) is 0 Å². The highest BCUT2D eigenvalue weighted by Gasteiger charge is 2.20. The summed E-state index contributed by atoms with van der Waals surface area (Å²) >= 11 is 0. The van der Waals surface area contributed by atoms with Crippen molar-refractivity contribution < 1.29 is 14.0 Å². The Bertz CT molecular complexity index is 854. The monoisotopic (exact) mass is 400 g/mol. The smallest absolute Gasteiger partial charge is 0.224 e. The average Bonchev–Trinajstić information content (AvgIpc) is 3.00. The highest BCUT2D eigenvalue weighted by molar-refractivity contribution is 5.80. The largest absolute Gasteiger partial charge is 0.354 e. The summed E-state index contributed by atoms with van der Waals surface area (Å²) in [6.07, 6.45) is 5.62. The van der Waals surface area contributed by atoms with E-state index in [-0.39, 0.29) is 30.0 Å². The number of nitrogens with zero attached hydrogens (tertiary/aromatic N) is 2. The first-order valence-corrected chi connectivity index (χ1v) is 10.3. The Labute approximate surface area is 170 Å². The van der Waals surface area contributed by atoms with Crippen molar-refractivity contribution in [3.8, 4) is 5.69 Å². The summed E-state index contributed by atoms with van der Waals surface area (Å²) in [5.41, 5.74) is 3.24. The molecule has 2 aromatic rings. The Balaban J connectivity index is 1.49. The van der Waals surface area contributed by atoms with Crippen LogP contribution in [0, 0.1) is 25.6 Å². The maximum absolute atomic E-state index is 13.2. The van der Waals surface area contributed by atoms with Crippen LogP contribution in [0.1, 0.15) is 49.1 Å². The van der Waals surface area contributed by atoms with Crippen molar-refractivity contribution in [2.24, 2.45) is 5.92 Å². The van der Waals surface area contributed by atoms with Gasteiger partial charge in [0.15, 0.2) is 0 Å². The Morgan fingerprint density at radius 3 is 2.41 bits per heavy atom. The van der Waals surface area contributed by atoms with Gasteiger partial charge in [-0.05, 0) is 51.0 Å². The molecule has 1 aliphatic rings. The molecule has 1 aromatic carbocycles. The molecule has 2 N–H and O–H groups in total. The molecule has 0 aliphatic heterocycles. The molecular weight excluding hydrogens is 371 g/mol. The molecule has 7 heteroatoms. The van der Waals surface area contributed by atoms with Crippen molar-refractivity contribution >= 4 is 11.8 Å². The molecule has 1 aromatic heterocycles. The molecule has 1 heterocycles. The molecule has 1 fully saturated rings. The van der Waals surface area contributed by atoms with E-state index in [4.69, 9.17) is 0 Å². The molecule has 3 rings (SSSR count). The first-order valence-electron chi connectivity index (χ1n) is 10.3. The number of halogens is 1. The van der Waals surface area contributed by atoms with Crippen molar-refractivity contribution in [1.82, 2.24) is 20.4 Å². The van der Waals surface area contributed by atoms with Crippen molar-refractivity contribution in [3.63, 3.8) is 0 Å². The highest BCUT2D eigenvalue weighted by atomic mass is 19.1. The zero-order valence-electron chi connectivity index (χ0n) is 17.1. The fourth-order valence-electron chi connectivity index (χ4n) is 3.88. The van der Waals surface area contributed by atoms with Crippen LogP contribution in [0.5, 0.6) is 0 Å². The zero-order valence-corrected chi connectivity index (χ0v) is 17.1. The maximum atomic E-state index is 13.2. The Kier molecular flexibility index (Phi) is 7.01. The number of aromatic nitrogens is 2. The lowest BCUT2D eigenvalue weighted by Gasteiger charge is -2.20. The van der Waals surface area contributed by atoms with Crippen LogP contribution >= 0.6 is 0 Å². The molecule has 1 saturated carbocycles. The minimum absolute atomic E-state index is 0.103. The van der Waals surface area contributed by atoms with E-state index in [1.54, 1.807) is 16.8 Å². The van der Waals surface area contributed by atoms with E-state index in [0.29, 0.717) is 13.1 Å². The Hall–Kier alpha value is -2.70. The lowest BCUT2D eigenvalue weighted by atomic mass is 9.89. The topological polar surface area (TPSA) is 76.0 Å². The SMILES string of the molecule is Cc1nn(-c2ccc(F)cc2)c(C)c1CC(=O)NCCNC(=O)C1CCCCC1. The summed E-state index contributed by atoms with van der Waals surface area (Å²) in [5, 5.41) is 10.3. The van der Waals surface area contributed by atoms with Gasteiger partial charge in [0.25, 0.3) is 0 Å². The second-order valence-electron chi connectivity index (χ2n) is 7.69. The lowest BCUT2D eigenvalue weighted by molar-refractivity contribution is -0.126. The van der Waals surface area contributed by atoms with Gasteiger partial charge in [0.1, 0.15) is 5.82 Å². The van der Waals surface area contributed by atoms with Gasteiger partial charge in [-0.3, -0.25) is 9.59 Å². The first kappa shape index (κ1) is 21.0. The molecular formula is C22H29FN4O2. The van der Waals surface area contributed by atoms with Crippen LogP contribution in [0.3, 0.4) is 0 Å². The van der Waals surface area contributed by atoms with Crippen LogP contribution in [0.4, 0.5) is 4.39 Å². The van der Waals surface area contributed by atoms with Crippen LogP contribution < -0.4 is 10.6 Å². The third-order valence-corrected chi connectivity index (χ3v) is 5.57. The fourth-order valence-corrected chi connectivity index (χ4v) is 3.88. The number of amides is 2. The van der Waals surface area contributed by atoms with Crippen molar-refractivity contribution in [1.29, 1.82) is 0 Å². The van der Waals surface area contributed by atoms with E-state index in [1.807, 2.05) is 13.8 Å². The van der Waals surface area contributed by atoms with Gasteiger partial charge in [-0.2, -0.15) is 5.10 Å². The molecule has 1 aliphatic carbocycles. The van der Waals surface area contributed by atoms with Crippen molar-refractivity contribution in [2.45, 2.75) is 52.4 Å². The molecule has 0 spiro atoms. The van der Waals surface area contributed by atoms with E-state index in [0.717, 1.165) is 48.3 Å². The lowest BCUT2D eigenvalue weighted by Crippen LogP contribution is -2.38. The minimum Gasteiger partial charge on any atom is -0.354 e. The Morgan fingerprint density at radius 2 is 1.72 bits per heavy atom. The zero-order chi connectivity index (χ0) is 20.8. The third kappa shape index (κ3) is 5.43. The van der Waals surface area contributed by atoms with Gasteiger partial charge >= 0.3 is 0 Å². The third-order valence-electron chi connectivity index (χ3n) is 5.57. The highest BCUT2D eigenvalue weighted by Crippen LogP contribution is 2.23. The molecule has 0 bridgehead atoms. The number of rotatable bonds is 7. The molecule has 29 heavy (non-hydrogen) atoms. The number of hydrogen-bond donors (Lipinski definition) is 2. The number of aryl methyl sites for hydroxylation is 1. The van der Waals surface area contributed by atoms with Crippen molar-refractivity contribution in [3.05, 3.63) is 47.0 Å². The molecule has 0 unspecified atom stereocenters. The minimum atomic E-state index is -0.300. The first-order chi connectivity index (χ1) is 14.0. The second kappa shape index (κ2) is 9.67. The summed E-state index contributed by atoms with van der Waals surface area (Å²) in [4.78, 5) is 24.5. The molecule has 156 valence electrons. The van der Waals surface area contributed by atoms with Gasteiger partial charge in [0, 0.05) is 30.3 Å². The standard InChI is InChI=1S/C22H29FN4O2/c1-15-20(16(2)27(26-15)19-10-8-18(23)9-11-19)14-21(28)24-12-13-25-22(29)17-6-4-3-5-7-17/h8-11,17H,3-7,12-14H2,1-2H3,(H,24,28)(H,25,29). The van der Waals surface area contributed by atoms with E-state index in [1.165, 1.54) is 18.6 Å². The normalized spacial score (nSPS) is 14.6. The molecule has 2 amide bonds. The quantitative estimate of drug-likeness (QED) is 0.702. The molecule has 0 atom stereocenters. The summed E-state index contributed by atoms with van der Waals surface area (Å²) in [6, 6.07) is 6.10. The summed E-state index contributed by atoms with van der Waals surface area (Å²) in [6.45, 7) is 4.60. The predicted molar refractivity (Wildman–Crippen MR) is 109 cm³/mol. The van der Waals surface area contributed by atoms with Gasteiger partial charge in [0.05, 0.1) is 17.8 Å². The average molecular weight is 400 g/mol. The van der Waals surface area contributed by atoms with E-state index in [9.17, 15) is 14.0 Å². The maximum Gasteiger partial charge on any atom is 0.224 e. The molecule has 0 saturated heterocycles. The number of hydrogen-bond acceptors (Lipinski definition) is 3. The summed E-state index contributed by atoms with van der Waals surface area (Å²) in [7, 11) is 0. The van der Waals surface area contributed by atoms with E-state index < -0.39 is 0 Å².